The Morgan fingerprint density at radius 2 is 2.00 bits per heavy atom. The van der Waals surface area contributed by atoms with Gasteiger partial charge in [0.05, 0.1) is 26.7 Å². The Labute approximate surface area is 69.4 Å². The molecule has 3 heteroatoms. The fraction of sp³-hybridized carbons (Fsp3) is 1.00. The molecule has 0 bridgehead atoms. The zero-order chi connectivity index (χ0) is 8.16. The predicted molar refractivity (Wildman–Crippen MR) is 47.6 cm³/mol. The SMILES string of the molecule is CNCC[N+]1(C)CCNCC1. The number of nitrogens with zero attached hydrogens (tertiary/aromatic N) is 1. The lowest BCUT2D eigenvalue weighted by Crippen LogP contribution is -2.57. The number of likely N-dealkylation sites (N-methyl/N-ethyl adjacent to an activating group) is 2. The molecule has 1 fully saturated rings. The van der Waals surface area contributed by atoms with Crippen LogP contribution in [0, 0.1) is 0 Å². The van der Waals surface area contributed by atoms with Crippen molar-refractivity contribution in [2.45, 2.75) is 0 Å². The Morgan fingerprint density at radius 3 is 2.55 bits per heavy atom. The first-order chi connectivity index (χ1) is 5.27. The van der Waals surface area contributed by atoms with Crippen molar-refractivity contribution in [2.24, 2.45) is 0 Å². The quantitative estimate of drug-likeness (QED) is 0.528. The normalized spacial score (nSPS) is 23.5. The molecule has 11 heavy (non-hydrogen) atoms. The molecular formula is C8H20N3+. The minimum atomic E-state index is 1.14. The van der Waals surface area contributed by atoms with Gasteiger partial charge in [-0.05, 0) is 7.05 Å². The molecular weight excluding hydrogens is 138 g/mol. The van der Waals surface area contributed by atoms with Gasteiger partial charge in [-0.1, -0.05) is 0 Å². The number of piperazine rings is 1. The van der Waals surface area contributed by atoms with Gasteiger partial charge in [-0.15, -0.1) is 0 Å². The molecule has 0 aromatic heterocycles. The lowest BCUT2D eigenvalue weighted by atomic mass is 10.3. The van der Waals surface area contributed by atoms with Gasteiger partial charge in [0, 0.05) is 19.6 Å². The van der Waals surface area contributed by atoms with E-state index in [1.165, 1.54) is 37.2 Å². The molecule has 0 atom stereocenters. The van der Waals surface area contributed by atoms with E-state index in [1.54, 1.807) is 0 Å². The van der Waals surface area contributed by atoms with Crippen molar-refractivity contribution in [3.8, 4) is 0 Å². The largest absolute Gasteiger partial charge is 0.323 e. The molecule has 1 heterocycles. The summed E-state index contributed by atoms with van der Waals surface area (Å²) in [5, 5.41) is 6.58. The van der Waals surface area contributed by atoms with E-state index in [-0.39, 0.29) is 0 Å². The summed E-state index contributed by atoms with van der Waals surface area (Å²) in [6.07, 6.45) is 0. The van der Waals surface area contributed by atoms with Gasteiger partial charge in [0.1, 0.15) is 0 Å². The molecule has 0 unspecified atom stereocenters. The molecule has 0 radical (unpaired) electrons. The van der Waals surface area contributed by atoms with Crippen LogP contribution in [-0.4, -0.2) is 57.8 Å². The smallest absolute Gasteiger partial charge is 0.0912 e. The van der Waals surface area contributed by atoms with Crippen molar-refractivity contribution in [2.75, 3.05) is 53.4 Å². The summed E-state index contributed by atoms with van der Waals surface area (Å²) in [7, 11) is 4.37. The summed E-state index contributed by atoms with van der Waals surface area (Å²) in [6.45, 7) is 7.32. The summed E-state index contributed by atoms with van der Waals surface area (Å²) in [5.41, 5.74) is 0. The molecule has 0 amide bonds. The number of hydrogen-bond acceptors (Lipinski definition) is 2. The maximum Gasteiger partial charge on any atom is 0.0912 e. The summed E-state index contributed by atoms with van der Waals surface area (Å²) in [6, 6.07) is 0. The van der Waals surface area contributed by atoms with Crippen molar-refractivity contribution in [1.29, 1.82) is 0 Å². The Bertz CT molecular complexity index is 108. The van der Waals surface area contributed by atoms with Crippen LogP contribution in [0.15, 0.2) is 0 Å². The summed E-state index contributed by atoms with van der Waals surface area (Å²) in [4.78, 5) is 0. The van der Waals surface area contributed by atoms with Gasteiger partial charge in [-0.2, -0.15) is 0 Å². The van der Waals surface area contributed by atoms with Crippen LogP contribution in [0.3, 0.4) is 0 Å². The van der Waals surface area contributed by atoms with Gasteiger partial charge in [0.2, 0.25) is 0 Å². The summed E-state index contributed by atoms with van der Waals surface area (Å²) >= 11 is 0. The first kappa shape index (κ1) is 8.97. The van der Waals surface area contributed by atoms with Gasteiger partial charge in [-0.3, -0.25) is 0 Å². The topological polar surface area (TPSA) is 24.1 Å². The van der Waals surface area contributed by atoms with Crippen LogP contribution >= 0.6 is 0 Å². The van der Waals surface area contributed by atoms with E-state index in [1.807, 2.05) is 7.05 Å². The van der Waals surface area contributed by atoms with Crippen LogP contribution in [0.5, 0.6) is 0 Å². The molecule has 66 valence electrons. The lowest BCUT2D eigenvalue weighted by Gasteiger charge is -2.38. The zero-order valence-electron chi connectivity index (χ0n) is 7.69. The van der Waals surface area contributed by atoms with Crippen LogP contribution in [0.2, 0.25) is 0 Å². The number of hydrogen-bond donors (Lipinski definition) is 2. The van der Waals surface area contributed by atoms with E-state index < -0.39 is 0 Å². The monoisotopic (exact) mass is 158 g/mol. The van der Waals surface area contributed by atoms with Gasteiger partial charge in [0.25, 0.3) is 0 Å². The summed E-state index contributed by atoms with van der Waals surface area (Å²) in [5.74, 6) is 0. The highest BCUT2D eigenvalue weighted by Gasteiger charge is 2.22. The average molecular weight is 158 g/mol. The molecule has 0 aromatic rings. The number of nitrogens with one attached hydrogen (secondary N) is 2. The van der Waals surface area contributed by atoms with Crippen molar-refractivity contribution in [3.63, 3.8) is 0 Å². The van der Waals surface area contributed by atoms with Crippen LogP contribution < -0.4 is 10.6 Å². The Balaban J connectivity index is 2.25. The third-order valence-electron chi connectivity index (χ3n) is 2.56. The number of rotatable bonds is 3. The molecule has 0 aromatic carbocycles. The standard InChI is InChI=1S/C8H20N3/c1-9-3-6-11(2)7-4-10-5-8-11/h9-10H,3-8H2,1-2H3/q+1. The van der Waals surface area contributed by atoms with E-state index >= 15 is 0 Å². The minimum absolute atomic E-state index is 1.14. The first-order valence-electron chi connectivity index (χ1n) is 4.46. The second-order valence-electron chi connectivity index (χ2n) is 3.64. The Hall–Kier alpha value is -0.120. The van der Waals surface area contributed by atoms with Gasteiger partial charge in [0.15, 0.2) is 0 Å². The Kier molecular flexibility index (Phi) is 3.30. The van der Waals surface area contributed by atoms with E-state index in [4.69, 9.17) is 0 Å². The second kappa shape index (κ2) is 4.04. The average Bonchev–Trinajstić information content (AvgIpc) is 2.03. The van der Waals surface area contributed by atoms with Crippen LogP contribution in [-0.2, 0) is 0 Å². The molecule has 1 aliphatic heterocycles. The maximum atomic E-state index is 3.38. The van der Waals surface area contributed by atoms with Crippen LogP contribution in [0.4, 0.5) is 0 Å². The van der Waals surface area contributed by atoms with Crippen LogP contribution in [0.1, 0.15) is 0 Å². The van der Waals surface area contributed by atoms with Gasteiger partial charge in [-0.25, -0.2) is 0 Å². The van der Waals surface area contributed by atoms with E-state index in [0.29, 0.717) is 0 Å². The molecule has 1 rings (SSSR count). The second-order valence-corrected chi connectivity index (χ2v) is 3.64. The molecule has 1 aliphatic rings. The van der Waals surface area contributed by atoms with Crippen molar-refractivity contribution in [1.82, 2.24) is 10.6 Å². The molecule has 1 saturated heterocycles. The molecule has 0 spiro atoms. The molecule has 2 N–H and O–H groups in total. The van der Waals surface area contributed by atoms with Crippen LogP contribution in [0.25, 0.3) is 0 Å². The number of quaternary nitrogens is 1. The summed E-state index contributed by atoms with van der Waals surface area (Å²) < 4.78 is 1.23. The zero-order valence-corrected chi connectivity index (χ0v) is 7.69. The van der Waals surface area contributed by atoms with Gasteiger partial charge < -0.3 is 15.1 Å². The highest BCUT2D eigenvalue weighted by Crippen LogP contribution is 2.02. The van der Waals surface area contributed by atoms with E-state index in [2.05, 4.69) is 17.7 Å². The third-order valence-corrected chi connectivity index (χ3v) is 2.56. The first-order valence-corrected chi connectivity index (χ1v) is 4.46. The van der Waals surface area contributed by atoms with Gasteiger partial charge >= 0.3 is 0 Å². The fourth-order valence-corrected chi connectivity index (χ4v) is 1.54. The molecule has 0 saturated carbocycles. The van der Waals surface area contributed by atoms with Crippen molar-refractivity contribution in [3.05, 3.63) is 0 Å². The van der Waals surface area contributed by atoms with E-state index in [0.717, 1.165) is 6.54 Å². The maximum absolute atomic E-state index is 3.38. The van der Waals surface area contributed by atoms with E-state index in [9.17, 15) is 0 Å². The Morgan fingerprint density at radius 1 is 1.36 bits per heavy atom. The van der Waals surface area contributed by atoms with Crippen molar-refractivity contribution >= 4 is 0 Å². The highest BCUT2D eigenvalue weighted by molar-refractivity contribution is 4.55. The molecule has 0 aliphatic carbocycles. The third kappa shape index (κ3) is 2.77. The fourth-order valence-electron chi connectivity index (χ4n) is 1.54. The predicted octanol–water partition coefficient (Wildman–Crippen LogP) is -0.744. The highest BCUT2D eigenvalue weighted by atomic mass is 15.4. The van der Waals surface area contributed by atoms with Crippen molar-refractivity contribution < 1.29 is 4.48 Å². The minimum Gasteiger partial charge on any atom is -0.323 e. The lowest BCUT2D eigenvalue weighted by molar-refractivity contribution is -0.910. The molecule has 3 nitrogen and oxygen atoms in total.